The fourth-order valence-corrected chi connectivity index (χ4v) is 2.58. The zero-order valence-electron chi connectivity index (χ0n) is 12.8. The van der Waals surface area contributed by atoms with E-state index >= 15 is 0 Å². The molecule has 1 atom stereocenters. The Labute approximate surface area is 130 Å². The number of halogens is 1. The van der Waals surface area contributed by atoms with E-state index in [1.807, 2.05) is 42.8 Å². The summed E-state index contributed by atoms with van der Waals surface area (Å²) in [5.41, 5.74) is 9.23. The first kappa shape index (κ1) is 15.9. The zero-order chi connectivity index (χ0) is 15.4. The lowest BCUT2D eigenvalue weighted by Crippen LogP contribution is -2.16. The van der Waals surface area contributed by atoms with E-state index in [9.17, 15) is 0 Å². The monoisotopic (exact) mass is 307 g/mol. The average molecular weight is 308 g/mol. The summed E-state index contributed by atoms with van der Waals surface area (Å²) in [6.45, 7) is 7.39. The van der Waals surface area contributed by atoms with Crippen LogP contribution in [0.2, 0.25) is 5.02 Å². The minimum absolute atomic E-state index is 0.112. The molecule has 114 valence electrons. The van der Waals surface area contributed by atoms with Gasteiger partial charge in [0.05, 0.1) is 23.0 Å². The van der Waals surface area contributed by atoms with E-state index in [0.29, 0.717) is 13.0 Å². The Kier molecular flexibility index (Phi) is 5.26. The number of aromatic nitrogens is 2. The van der Waals surface area contributed by atoms with Crippen LogP contribution in [0.25, 0.3) is 0 Å². The number of hydrogen-bond donors (Lipinski definition) is 1. The number of rotatable bonds is 6. The largest absolute Gasteiger partial charge is 0.494 e. The van der Waals surface area contributed by atoms with Gasteiger partial charge in [0.15, 0.2) is 0 Å². The van der Waals surface area contributed by atoms with Gasteiger partial charge in [0, 0.05) is 19.0 Å². The van der Waals surface area contributed by atoms with Gasteiger partial charge in [-0.05, 0) is 38.5 Å². The zero-order valence-corrected chi connectivity index (χ0v) is 13.5. The Morgan fingerprint density at radius 3 is 2.52 bits per heavy atom. The second kappa shape index (κ2) is 6.96. The fourth-order valence-electron chi connectivity index (χ4n) is 2.37. The highest BCUT2D eigenvalue weighted by Crippen LogP contribution is 2.26. The quantitative estimate of drug-likeness (QED) is 0.888. The molecule has 0 fully saturated rings. The minimum atomic E-state index is -0.112. The van der Waals surface area contributed by atoms with Crippen LogP contribution in [-0.2, 0) is 13.0 Å². The Balaban J connectivity index is 2.15. The Bertz CT molecular complexity index is 592. The summed E-state index contributed by atoms with van der Waals surface area (Å²) in [6, 6.07) is 7.79. The highest BCUT2D eigenvalue weighted by Gasteiger charge is 2.16. The number of aryl methyl sites for hydroxylation is 2. The molecule has 0 amide bonds. The molecule has 2 N–H and O–H groups in total. The summed E-state index contributed by atoms with van der Waals surface area (Å²) in [6.07, 6.45) is 0.668. The van der Waals surface area contributed by atoms with Crippen molar-refractivity contribution < 1.29 is 4.74 Å². The van der Waals surface area contributed by atoms with E-state index in [0.717, 1.165) is 34.3 Å². The molecule has 0 aliphatic heterocycles. The van der Waals surface area contributed by atoms with Crippen molar-refractivity contribution in [1.82, 2.24) is 9.78 Å². The SMILES string of the molecule is CCOc1ccc(C(N)Cc2c(Cl)c(C)nn2CC)cc1. The molecule has 0 saturated heterocycles. The second-order valence-corrected chi connectivity index (χ2v) is 5.35. The molecule has 0 radical (unpaired) electrons. The number of benzene rings is 1. The predicted octanol–water partition coefficient (Wildman–Crippen LogP) is 3.51. The number of hydrogen-bond acceptors (Lipinski definition) is 3. The Hall–Kier alpha value is -1.52. The van der Waals surface area contributed by atoms with Crippen LogP contribution >= 0.6 is 11.6 Å². The van der Waals surface area contributed by atoms with Gasteiger partial charge >= 0.3 is 0 Å². The normalized spacial score (nSPS) is 12.4. The van der Waals surface area contributed by atoms with E-state index in [-0.39, 0.29) is 6.04 Å². The molecule has 21 heavy (non-hydrogen) atoms. The van der Waals surface area contributed by atoms with Gasteiger partial charge in [-0.2, -0.15) is 5.10 Å². The van der Waals surface area contributed by atoms with Crippen molar-refractivity contribution in [3.63, 3.8) is 0 Å². The van der Waals surface area contributed by atoms with Crippen molar-refractivity contribution in [1.29, 1.82) is 0 Å². The van der Waals surface area contributed by atoms with Crippen LogP contribution in [0.5, 0.6) is 5.75 Å². The summed E-state index contributed by atoms with van der Waals surface area (Å²) in [5, 5.41) is 5.14. The van der Waals surface area contributed by atoms with E-state index < -0.39 is 0 Å². The fraction of sp³-hybridized carbons (Fsp3) is 0.438. The Morgan fingerprint density at radius 1 is 1.29 bits per heavy atom. The molecule has 0 aliphatic carbocycles. The van der Waals surface area contributed by atoms with E-state index in [1.54, 1.807) is 0 Å². The molecule has 1 aromatic carbocycles. The number of ether oxygens (including phenoxy) is 1. The van der Waals surface area contributed by atoms with Gasteiger partial charge in [0.25, 0.3) is 0 Å². The molecule has 2 rings (SSSR count). The maximum atomic E-state index is 6.33. The summed E-state index contributed by atoms with van der Waals surface area (Å²) < 4.78 is 7.36. The van der Waals surface area contributed by atoms with Gasteiger partial charge in [-0.1, -0.05) is 23.7 Å². The van der Waals surface area contributed by atoms with Crippen molar-refractivity contribution in [3.05, 3.63) is 46.2 Å². The lowest BCUT2D eigenvalue weighted by molar-refractivity contribution is 0.340. The average Bonchev–Trinajstić information content (AvgIpc) is 2.76. The number of nitrogens with zero attached hydrogens (tertiary/aromatic N) is 2. The first-order valence-corrected chi connectivity index (χ1v) is 7.64. The maximum absolute atomic E-state index is 6.33. The molecule has 5 heteroatoms. The highest BCUT2D eigenvalue weighted by atomic mass is 35.5. The van der Waals surface area contributed by atoms with Crippen molar-refractivity contribution in [2.24, 2.45) is 5.73 Å². The molecule has 1 aromatic heterocycles. The van der Waals surface area contributed by atoms with Crippen LogP contribution in [-0.4, -0.2) is 16.4 Å². The maximum Gasteiger partial charge on any atom is 0.119 e. The third kappa shape index (κ3) is 3.57. The van der Waals surface area contributed by atoms with Gasteiger partial charge in [-0.15, -0.1) is 0 Å². The lowest BCUT2D eigenvalue weighted by atomic mass is 10.0. The van der Waals surface area contributed by atoms with Gasteiger partial charge in [0.1, 0.15) is 5.75 Å². The van der Waals surface area contributed by atoms with Crippen molar-refractivity contribution in [2.75, 3.05) is 6.61 Å². The molecule has 0 aliphatic rings. The van der Waals surface area contributed by atoms with Gasteiger partial charge in [-0.25, -0.2) is 0 Å². The third-order valence-corrected chi connectivity index (χ3v) is 3.98. The van der Waals surface area contributed by atoms with Crippen LogP contribution in [0.15, 0.2) is 24.3 Å². The highest BCUT2D eigenvalue weighted by molar-refractivity contribution is 6.31. The van der Waals surface area contributed by atoms with E-state index in [2.05, 4.69) is 12.0 Å². The van der Waals surface area contributed by atoms with Crippen LogP contribution in [0.1, 0.15) is 36.8 Å². The summed E-state index contributed by atoms with van der Waals surface area (Å²) >= 11 is 6.33. The van der Waals surface area contributed by atoms with Crippen LogP contribution < -0.4 is 10.5 Å². The molecule has 2 aromatic rings. The smallest absolute Gasteiger partial charge is 0.119 e. The van der Waals surface area contributed by atoms with Crippen molar-refractivity contribution in [3.8, 4) is 5.75 Å². The molecule has 1 unspecified atom stereocenters. The van der Waals surface area contributed by atoms with E-state index in [4.69, 9.17) is 22.1 Å². The molecule has 0 saturated carbocycles. The lowest BCUT2D eigenvalue weighted by Gasteiger charge is -2.14. The van der Waals surface area contributed by atoms with Gasteiger partial charge in [-0.3, -0.25) is 4.68 Å². The summed E-state index contributed by atoms with van der Waals surface area (Å²) in [5.74, 6) is 0.862. The first-order valence-electron chi connectivity index (χ1n) is 7.26. The Morgan fingerprint density at radius 2 is 1.95 bits per heavy atom. The summed E-state index contributed by atoms with van der Waals surface area (Å²) in [7, 11) is 0. The molecule has 0 spiro atoms. The van der Waals surface area contributed by atoms with Crippen LogP contribution in [0.3, 0.4) is 0 Å². The van der Waals surface area contributed by atoms with E-state index in [1.165, 1.54) is 0 Å². The standard InChI is InChI=1S/C16H22ClN3O/c1-4-20-15(16(17)11(3)19-20)10-14(18)12-6-8-13(9-7-12)21-5-2/h6-9,14H,4-5,10,18H2,1-3H3. The van der Waals surface area contributed by atoms with Crippen LogP contribution in [0, 0.1) is 6.92 Å². The molecule has 0 bridgehead atoms. The molecule has 1 heterocycles. The van der Waals surface area contributed by atoms with Gasteiger partial charge < -0.3 is 10.5 Å². The van der Waals surface area contributed by atoms with Gasteiger partial charge in [0.2, 0.25) is 0 Å². The topological polar surface area (TPSA) is 53.1 Å². The predicted molar refractivity (Wildman–Crippen MR) is 85.9 cm³/mol. The molecule has 4 nitrogen and oxygen atoms in total. The second-order valence-electron chi connectivity index (χ2n) is 4.97. The number of nitrogens with two attached hydrogens (primary N) is 1. The minimum Gasteiger partial charge on any atom is -0.494 e. The van der Waals surface area contributed by atoms with Crippen LogP contribution in [0.4, 0.5) is 0 Å². The third-order valence-electron chi connectivity index (χ3n) is 3.49. The molecular weight excluding hydrogens is 286 g/mol. The summed E-state index contributed by atoms with van der Waals surface area (Å²) in [4.78, 5) is 0. The molecular formula is C16H22ClN3O. The first-order chi connectivity index (χ1) is 10.1. The van der Waals surface area contributed by atoms with Crippen molar-refractivity contribution >= 4 is 11.6 Å². The van der Waals surface area contributed by atoms with Crippen molar-refractivity contribution in [2.45, 2.75) is 39.8 Å².